The first-order chi connectivity index (χ1) is 8.64. The van der Waals surface area contributed by atoms with Crippen LogP contribution in [0.15, 0.2) is 0 Å². The molecule has 0 aliphatic heterocycles. The lowest BCUT2D eigenvalue weighted by Crippen LogP contribution is -2.46. The van der Waals surface area contributed by atoms with Crippen LogP contribution in [0.25, 0.3) is 0 Å². The van der Waals surface area contributed by atoms with Crippen molar-refractivity contribution in [2.24, 2.45) is 0 Å². The van der Waals surface area contributed by atoms with E-state index < -0.39 is 8.80 Å². The van der Waals surface area contributed by atoms with Crippen LogP contribution in [-0.4, -0.2) is 41.3 Å². The molecule has 0 spiro atoms. The van der Waals surface area contributed by atoms with Crippen LogP contribution in [0.2, 0.25) is 6.04 Å². The van der Waals surface area contributed by atoms with E-state index in [0.29, 0.717) is 19.8 Å². The van der Waals surface area contributed by atoms with Crippen LogP contribution in [-0.2, 0) is 18.0 Å². The molecular weight excluding hydrogens is 248 g/mol. The Labute approximate surface area is 113 Å². The molecule has 1 atom stereocenters. The molecule has 0 radical (unpaired) electrons. The van der Waals surface area contributed by atoms with E-state index in [4.69, 9.17) is 18.0 Å². The average Bonchev–Trinajstić information content (AvgIpc) is 2.35. The summed E-state index contributed by atoms with van der Waals surface area (Å²) in [4.78, 5) is 0. The molecule has 0 saturated heterocycles. The number of hydrogen-bond acceptors (Lipinski definition) is 4. The Morgan fingerprint density at radius 2 is 1.39 bits per heavy atom. The van der Waals surface area contributed by atoms with Crippen LogP contribution < -0.4 is 0 Å². The quantitative estimate of drug-likeness (QED) is 0.514. The van der Waals surface area contributed by atoms with E-state index in [9.17, 15) is 0 Å². The molecule has 0 fully saturated rings. The molecule has 0 aromatic heterocycles. The maximum atomic E-state index is 5.80. The molecule has 0 aromatic rings. The Kier molecular flexibility index (Phi) is 11.0. The fraction of sp³-hybridized carbons (Fsp3) is 1.00. The Morgan fingerprint density at radius 3 is 1.78 bits per heavy atom. The predicted molar refractivity (Wildman–Crippen MR) is 75.8 cm³/mol. The van der Waals surface area contributed by atoms with Crippen LogP contribution in [0, 0.1) is 0 Å². The van der Waals surface area contributed by atoms with Crippen molar-refractivity contribution < 1.29 is 18.0 Å². The van der Waals surface area contributed by atoms with Crippen LogP contribution in [0.5, 0.6) is 0 Å². The smallest absolute Gasteiger partial charge is 0.379 e. The van der Waals surface area contributed by atoms with Gasteiger partial charge in [0.15, 0.2) is 0 Å². The number of ether oxygens (including phenoxy) is 1. The third kappa shape index (κ3) is 7.48. The van der Waals surface area contributed by atoms with Gasteiger partial charge in [0.05, 0.1) is 6.10 Å². The zero-order chi connectivity index (χ0) is 13.9. The number of hydrogen-bond donors (Lipinski definition) is 0. The SMILES string of the molecule is CCCOC(C)CC[Si](OCC)(OCC)OCC. The fourth-order valence-corrected chi connectivity index (χ4v) is 4.55. The van der Waals surface area contributed by atoms with Crippen molar-refractivity contribution in [3.63, 3.8) is 0 Å². The molecule has 0 saturated carbocycles. The Balaban J connectivity index is 4.27. The van der Waals surface area contributed by atoms with Gasteiger partial charge in [0, 0.05) is 32.5 Å². The first-order valence-electron chi connectivity index (χ1n) is 7.17. The monoisotopic (exact) mass is 278 g/mol. The highest BCUT2D eigenvalue weighted by atomic mass is 28.4. The van der Waals surface area contributed by atoms with E-state index in [1.54, 1.807) is 0 Å². The summed E-state index contributed by atoms with van der Waals surface area (Å²) < 4.78 is 23.1. The summed E-state index contributed by atoms with van der Waals surface area (Å²) in [7, 11) is -2.48. The highest BCUT2D eigenvalue weighted by Crippen LogP contribution is 2.20. The largest absolute Gasteiger partial charge is 0.501 e. The summed E-state index contributed by atoms with van der Waals surface area (Å²) in [5, 5.41) is 0. The molecule has 1 unspecified atom stereocenters. The van der Waals surface area contributed by atoms with Gasteiger partial charge in [-0.3, -0.25) is 0 Å². The van der Waals surface area contributed by atoms with Gasteiger partial charge in [0.25, 0.3) is 0 Å². The second-order valence-electron chi connectivity index (χ2n) is 4.20. The molecule has 0 rings (SSSR count). The minimum absolute atomic E-state index is 0.234. The lowest BCUT2D eigenvalue weighted by Gasteiger charge is -2.29. The van der Waals surface area contributed by atoms with Crippen LogP contribution in [0.1, 0.15) is 47.5 Å². The molecule has 0 heterocycles. The summed E-state index contributed by atoms with van der Waals surface area (Å²) in [6.07, 6.45) is 2.21. The molecule has 4 nitrogen and oxygen atoms in total. The van der Waals surface area contributed by atoms with Crippen molar-refractivity contribution in [2.45, 2.75) is 59.6 Å². The minimum atomic E-state index is -2.48. The molecular formula is C13H30O4Si. The molecule has 18 heavy (non-hydrogen) atoms. The van der Waals surface area contributed by atoms with Gasteiger partial charge in [-0.2, -0.15) is 0 Å². The lowest BCUT2D eigenvalue weighted by atomic mass is 10.3. The second kappa shape index (κ2) is 10.9. The molecule has 0 bridgehead atoms. The first kappa shape index (κ1) is 18.1. The summed E-state index contributed by atoms with van der Waals surface area (Å²) in [6, 6.07) is 0.827. The lowest BCUT2D eigenvalue weighted by molar-refractivity contribution is 0.0453. The number of rotatable bonds is 12. The summed E-state index contributed by atoms with van der Waals surface area (Å²) in [5.74, 6) is 0. The van der Waals surface area contributed by atoms with Crippen molar-refractivity contribution in [3.05, 3.63) is 0 Å². The van der Waals surface area contributed by atoms with Gasteiger partial charge in [-0.25, -0.2) is 0 Å². The van der Waals surface area contributed by atoms with Gasteiger partial charge in [0.1, 0.15) is 0 Å². The molecule has 0 N–H and O–H groups in total. The van der Waals surface area contributed by atoms with Crippen molar-refractivity contribution in [1.82, 2.24) is 0 Å². The Bertz CT molecular complexity index is 173. The van der Waals surface area contributed by atoms with Gasteiger partial charge in [-0.05, 0) is 40.5 Å². The van der Waals surface area contributed by atoms with E-state index in [2.05, 4.69) is 13.8 Å². The predicted octanol–water partition coefficient (Wildman–Crippen LogP) is 3.24. The topological polar surface area (TPSA) is 36.9 Å². The van der Waals surface area contributed by atoms with Gasteiger partial charge in [0.2, 0.25) is 0 Å². The first-order valence-corrected chi connectivity index (χ1v) is 9.10. The third-order valence-corrected chi connectivity index (χ3v) is 5.64. The van der Waals surface area contributed by atoms with Crippen LogP contribution >= 0.6 is 0 Å². The highest BCUT2D eigenvalue weighted by Gasteiger charge is 2.40. The Morgan fingerprint density at radius 1 is 0.889 bits per heavy atom. The van der Waals surface area contributed by atoms with Crippen LogP contribution in [0.3, 0.4) is 0 Å². The van der Waals surface area contributed by atoms with E-state index >= 15 is 0 Å². The zero-order valence-corrected chi connectivity index (χ0v) is 13.7. The fourth-order valence-electron chi connectivity index (χ4n) is 1.78. The van der Waals surface area contributed by atoms with Crippen molar-refractivity contribution in [2.75, 3.05) is 26.4 Å². The van der Waals surface area contributed by atoms with Gasteiger partial charge < -0.3 is 18.0 Å². The van der Waals surface area contributed by atoms with Crippen LogP contribution in [0.4, 0.5) is 0 Å². The van der Waals surface area contributed by atoms with E-state index in [1.165, 1.54) is 0 Å². The highest BCUT2D eigenvalue weighted by molar-refractivity contribution is 6.60. The molecule has 0 amide bonds. The summed E-state index contributed by atoms with van der Waals surface area (Å²) in [6.45, 7) is 12.9. The third-order valence-electron chi connectivity index (χ3n) is 2.56. The second-order valence-corrected chi connectivity index (χ2v) is 6.93. The maximum absolute atomic E-state index is 5.80. The van der Waals surface area contributed by atoms with Gasteiger partial charge in [-0.15, -0.1) is 0 Å². The minimum Gasteiger partial charge on any atom is -0.379 e. The maximum Gasteiger partial charge on any atom is 0.501 e. The van der Waals surface area contributed by atoms with E-state index in [1.807, 2.05) is 20.8 Å². The van der Waals surface area contributed by atoms with Gasteiger partial charge >= 0.3 is 8.80 Å². The van der Waals surface area contributed by atoms with Crippen molar-refractivity contribution in [3.8, 4) is 0 Å². The average molecular weight is 278 g/mol. The van der Waals surface area contributed by atoms with Crippen molar-refractivity contribution in [1.29, 1.82) is 0 Å². The summed E-state index contributed by atoms with van der Waals surface area (Å²) in [5.41, 5.74) is 0. The summed E-state index contributed by atoms with van der Waals surface area (Å²) >= 11 is 0. The molecule has 0 aromatic carbocycles. The molecule has 5 heteroatoms. The van der Waals surface area contributed by atoms with E-state index in [-0.39, 0.29) is 6.10 Å². The zero-order valence-electron chi connectivity index (χ0n) is 12.7. The van der Waals surface area contributed by atoms with Gasteiger partial charge in [-0.1, -0.05) is 6.92 Å². The molecule has 110 valence electrons. The molecule has 0 aliphatic rings. The van der Waals surface area contributed by atoms with Crippen molar-refractivity contribution >= 4 is 8.80 Å². The standard InChI is InChI=1S/C13H30O4Si/c1-6-11-14-13(5)10-12-18(15-7-2,16-8-3)17-9-4/h13H,6-12H2,1-5H3. The van der Waals surface area contributed by atoms with E-state index in [0.717, 1.165) is 25.5 Å². The molecule has 0 aliphatic carbocycles. The Hall–Kier alpha value is 0.0569. The normalized spacial score (nSPS) is 13.8.